The summed E-state index contributed by atoms with van der Waals surface area (Å²) in [7, 11) is 1.48. The molecule has 0 aromatic heterocycles. The van der Waals surface area contributed by atoms with Gasteiger partial charge in [0, 0.05) is 7.11 Å². The minimum Gasteiger partial charge on any atom is -0.462 e. The van der Waals surface area contributed by atoms with Crippen LogP contribution in [0, 0.1) is 0 Å². The molecule has 0 unspecified atom stereocenters. The molecule has 2 aliphatic rings. The number of carbonyl (C=O) groups is 1. The first kappa shape index (κ1) is 26.7. The maximum absolute atomic E-state index is 12.6. The summed E-state index contributed by atoms with van der Waals surface area (Å²) in [4.78, 5) is 12.9. The van der Waals surface area contributed by atoms with Gasteiger partial charge in [-0.25, -0.2) is 4.79 Å². The van der Waals surface area contributed by atoms with Gasteiger partial charge in [0.2, 0.25) is 0 Å². The fraction of sp³-hybridized carbons (Fsp3) is 0.444. The Hall–Kier alpha value is -2.40. The molecule has 36 heavy (non-hydrogen) atoms. The van der Waals surface area contributed by atoms with Crippen molar-refractivity contribution >= 4 is 17.7 Å². The second-order valence-electron chi connectivity index (χ2n) is 8.51. The van der Waals surface area contributed by atoms with Gasteiger partial charge in [-0.3, -0.25) is 0 Å². The Morgan fingerprint density at radius 2 is 1.69 bits per heavy atom. The fourth-order valence-corrected chi connectivity index (χ4v) is 5.49. The summed E-state index contributed by atoms with van der Waals surface area (Å²) >= 11 is 1.15. The molecule has 0 spiro atoms. The number of aliphatic hydroxyl groups excluding tert-OH is 1. The molecule has 0 saturated carbocycles. The molecule has 2 aromatic carbocycles. The standard InChI is InChI=1S/C27H32O8S/c1-4-32-25(29)23-18(2)34-27(17-31-15-19-11-7-5-8-12-19)24(36-23)21(28)22(26(30-3)35-27)33-16-20-13-9-6-10-14-20/h5-14,21-22,24,26,28H,4,15-17H2,1-3H3/t21-,22-,24+,26-,27-/m1/s1. The number of carbonyl (C=O) groups excluding carboxylic acids is 1. The molecule has 9 heteroatoms. The van der Waals surface area contributed by atoms with Gasteiger partial charge in [-0.05, 0) is 25.0 Å². The molecule has 0 radical (unpaired) electrons. The molecule has 2 aliphatic heterocycles. The summed E-state index contributed by atoms with van der Waals surface area (Å²) in [6.07, 6.45) is -2.87. The Morgan fingerprint density at radius 3 is 2.31 bits per heavy atom. The van der Waals surface area contributed by atoms with E-state index >= 15 is 0 Å². The Bertz CT molecular complexity index is 1030. The van der Waals surface area contributed by atoms with Gasteiger partial charge in [0.1, 0.15) is 34.7 Å². The summed E-state index contributed by atoms with van der Waals surface area (Å²) in [5.41, 5.74) is 1.93. The van der Waals surface area contributed by atoms with Gasteiger partial charge < -0.3 is 33.5 Å². The molecule has 0 bridgehead atoms. The summed E-state index contributed by atoms with van der Waals surface area (Å²) in [5.74, 6) is -1.59. The number of esters is 1. The number of aliphatic hydroxyl groups is 1. The molecule has 1 N–H and O–H groups in total. The third-order valence-electron chi connectivity index (χ3n) is 5.95. The molecule has 2 heterocycles. The van der Waals surface area contributed by atoms with Gasteiger partial charge in [-0.1, -0.05) is 60.7 Å². The second kappa shape index (κ2) is 12.2. The van der Waals surface area contributed by atoms with E-state index in [1.165, 1.54) is 7.11 Å². The van der Waals surface area contributed by atoms with E-state index in [4.69, 9.17) is 28.4 Å². The predicted octanol–water partition coefficient (Wildman–Crippen LogP) is 3.78. The number of rotatable bonds is 10. The van der Waals surface area contributed by atoms with E-state index in [1.807, 2.05) is 60.7 Å². The smallest absolute Gasteiger partial charge is 0.348 e. The van der Waals surface area contributed by atoms with Crippen molar-refractivity contribution in [3.8, 4) is 0 Å². The van der Waals surface area contributed by atoms with Gasteiger partial charge in [0.25, 0.3) is 5.79 Å². The van der Waals surface area contributed by atoms with Crippen molar-refractivity contribution in [1.82, 2.24) is 0 Å². The minimum absolute atomic E-state index is 0.00463. The van der Waals surface area contributed by atoms with Crippen LogP contribution >= 0.6 is 11.8 Å². The van der Waals surface area contributed by atoms with Gasteiger partial charge in [0.15, 0.2) is 6.29 Å². The highest BCUT2D eigenvalue weighted by molar-refractivity contribution is 8.04. The van der Waals surface area contributed by atoms with E-state index < -0.39 is 35.5 Å². The van der Waals surface area contributed by atoms with Crippen LogP contribution in [-0.4, -0.2) is 60.9 Å². The maximum atomic E-state index is 12.6. The minimum atomic E-state index is -1.41. The van der Waals surface area contributed by atoms with Crippen molar-refractivity contribution in [2.75, 3.05) is 20.3 Å². The summed E-state index contributed by atoms with van der Waals surface area (Å²) in [6, 6.07) is 19.3. The Morgan fingerprint density at radius 1 is 1.06 bits per heavy atom. The van der Waals surface area contributed by atoms with E-state index in [2.05, 4.69) is 0 Å². The highest BCUT2D eigenvalue weighted by atomic mass is 32.2. The first-order valence-corrected chi connectivity index (χ1v) is 12.7. The number of hydrogen-bond donors (Lipinski definition) is 1. The molecular weight excluding hydrogens is 484 g/mol. The van der Waals surface area contributed by atoms with Gasteiger partial charge in [-0.15, -0.1) is 11.8 Å². The average molecular weight is 517 g/mol. The van der Waals surface area contributed by atoms with Gasteiger partial charge >= 0.3 is 5.97 Å². The normalized spacial score (nSPS) is 27.8. The number of hydrogen-bond acceptors (Lipinski definition) is 9. The number of fused-ring (bicyclic) bond motifs is 1. The topological polar surface area (TPSA) is 92.7 Å². The lowest BCUT2D eigenvalue weighted by Crippen LogP contribution is -2.67. The van der Waals surface area contributed by atoms with Crippen LogP contribution < -0.4 is 0 Å². The van der Waals surface area contributed by atoms with Gasteiger partial charge in [0.05, 0.1) is 19.8 Å². The Labute approximate surface area is 215 Å². The van der Waals surface area contributed by atoms with Crippen molar-refractivity contribution in [2.24, 2.45) is 0 Å². The SMILES string of the molecule is CCOC(=O)C1=C(C)O[C@]2(COCc3ccccc3)O[C@@H](OC)[C@H](OCc3ccccc3)[C@@H](O)[C@@H]2S1. The number of benzene rings is 2. The molecule has 0 amide bonds. The molecule has 4 rings (SSSR count). The van der Waals surface area contributed by atoms with Crippen LogP contribution in [-0.2, 0) is 46.4 Å². The van der Waals surface area contributed by atoms with E-state index in [9.17, 15) is 9.90 Å². The first-order valence-electron chi connectivity index (χ1n) is 11.9. The first-order chi connectivity index (χ1) is 17.5. The zero-order valence-corrected chi connectivity index (χ0v) is 21.4. The zero-order chi connectivity index (χ0) is 25.5. The monoisotopic (exact) mass is 516 g/mol. The number of thioether (sulfide) groups is 1. The van der Waals surface area contributed by atoms with Crippen molar-refractivity contribution < 1.29 is 38.3 Å². The molecule has 2 aromatic rings. The van der Waals surface area contributed by atoms with E-state index in [1.54, 1.807) is 13.8 Å². The maximum Gasteiger partial charge on any atom is 0.348 e. The predicted molar refractivity (Wildman–Crippen MR) is 134 cm³/mol. The molecule has 1 fully saturated rings. The highest BCUT2D eigenvalue weighted by Crippen LogP contribution is 2.48. The zero-order valence-electron chi connectivity index (χ0n) is 20.6. The van der Waals surface area contributed by atoms with Crippen molar-refractivity contribution in [2.45, 2.75) is 56.6 Å². The van der Waals surface area contributed by atoms with E-state index in [-0.39, 0.29) is 24.7 Å². The van der Waals surface area contributed by atoms with Crippen LogP contribution in [0.5, 0.6) is 0 Å². The fourth-order valence-electron chi connectivity index (χ4n) is 4.23. The third-order valence-corrected chi connectivity index (χ3v) is 7.53. The lowest BCUT2D eigenvalue weighted by atomic mass is 9.98. The largest absolute Gasteiger partial charge is 0.462 e. The summed E-state index contributed by atoms with van der Waals surface area (Å²) in [6.45, 7) is 4.20. The molecular formula is C27H32O8S. The second-order valence-corrected chi connectivity index (χ2v) is 9.66. The van der Waals surface area contributed by atoms with Crippen molar-refractivity contribution in [3.05, 3.63) is 82.5 Å². The van der Waals surface area contributed by atoms with Crippen LogP contribution in [0.4, 0.5) is 0 Å². The van der Waals surface area contributed by atoms with Crippen molar-refractivity contribution in [3.63, 3.8) is 0 Å². The highest BCUT2D eigenvalue weighted by Gasteiger charge is 2.60. The number of ether oxygens (including phenoxy) is 6. The van der Waals surface area contributed by atoms with Crippen LogP contribution in [0.1, 0.15) is 25.0 Å². The molecule has 1 saturated heterocycles. The van der Waals surface area contributed by atoms with Crippen LogP contribution in [0.3, 0.4) is 0 Å². The lowest BCUT2D eigenvalue weighted by molar-refractivity contribution is -0.370. The Balaban J connectivity index is 1.58. The van der Waals surface area contributed by atoms with E-state index in [0.717, 1.165) is 22.9 Å². The molecule has 194 valence electrons. The molecule has 5 atom stereocenters. The Kier molecular flexibility index (Phi) is 9.05. The summed E-state index contributed by atoms with van der Waals surface area (Å²) in [5, 5.41) is 10.8. The lowest BCUT2D eigenvalue weighted by Gasteiger charge is -2.52. The van der Waals surface area contributed by atoms with Gasteiger partial charge in [-0.2, -0.15) is 0 Å². The van der Waals surface area contributed by atoms with Crippen LogP contribution in [0.25, 0.3) is 0 Å². The van der Waals surface area contributed by atoms with E-state index in [0.29, 0.717) is 12.4 Å². The number of methoxy groups -OCH3 is 1. The van der Waals surface area contributed by atoms with Crippen LogP contribution in [0.2, 0.25) is 0 Å². The quantitative estimate of drug-likeness (QED) is 0.474. The number of allylic oxidation sites excluding steroid dienone is 1. The molecule has 0 aliphatic carbocycles. The summed E-state index contributed by atoms with van der Waals surface area (Å²) < 4.78 is 35.4. The third kappa shape index (κ3) is 5.94. The average Bonchev–Trinajstić information content (AvgIpc) is 2.89. The van der Waals surface area contributed by atoms with Crippen molar-refractivity contribution in [1.29, 1.82) is 0 Å². The van der Waals surface area contributed by atoms with Crippen LogP contribution in [0.15, 0.2) is 71.3 Å². The molecule has 8 nitrogen and oxygen atoms in total.